The number of amides is 2. The number of ether oxygens (including phenoxy) is 1. The minimum Gasteiger partial charge on any atom is -0.478 e. The van der Waals surface area contributed by atoms with Gasteiger partial charge in [-0.1, -0.05) is 11.6 Å². The molecule has 0 saturated carbocycles. The molecule has 2 aliphatic rings. The van der Waals surface area contributed by atoms with Gasteiger partial charge in [-0.15, -0.1) is 0 Å². The number of hydrogen-bond donors (Lipinski definition) is 2. The Hall–Kier alpha value is -3.15. The Kier molecular flexibility index (Phi) is 8.49. The number of benzene rings is 1. The van der Waals surface area contributed by atoms with Gasteiger partial charge in [-0.3, -0.25) is 9.59 Å². The van der Waals surface area contributed by atoms with Crippen molar-refractivity contribution < 1.29 is 36.3 Å². The third kappa shape index (κ3) is 6.59. The summed E-state index contributed by atoms with van der Waals surface area (Å²) in [4.78, 5) is 31.8. The lowest BCUT2D eigenvalue weighted by Gasteiger charge is -2.41. The molecule has 13 heteroatoms. The average molecular weight is 589 g/mol. The lowest BCUT2D eigenvalue weighted by molar-refractivity contribution is -0.149. The van der Waals surface area contributed by atoms with E-state index in [4.69, 9.17) is 16.3 Å². The zero-order valence-electron chi connectivity index (χ0n) is 22.1. The van der Waals surface area contributed by atoms with Crippen molar-refractivity contribution in [2.75, 3.05) is 4.90 Å². The van der Waals surface area contributed by atoms with E-state index >= 15 is 0 Å². The van der Waals surface area contributed by atoms with Crippen molar-refractivity contribution in [1.82, 2.24) is 15.6 Å². The SMILES string of the molecule is C[C@@H](NC(=O)c1ccc(N2C3CCC2CC(NC(=O)C(C)(C)Oc2ccc(Cl)cc2C(F)F)C3)nc1)C(F)(F)F. The number of aromatic nitrogens is 1. The number of anilines is 1. The van der Waals surface area contributed by atoms with E-state index in [9.17, 15) is 31.5 Å². The molecular weight excluding hydrogens is 559 g/mol. The van der Waals surface area contributed by atoms with Crippen LogP contribution in [0.3, 0.4) is 0 Å². The molecule has 2 fully saturated rings. The summed E-state index contributed by atoms with van der Waals surface area (Å²) in [5, 5.41) is 5.05. The maximum absolute atomic E-state index is 13.5. The van der Waals surface area contributed by atoms with Gasteiger partial charge in [-0.25, -0.2) is 13.8 Å². The first-order valence-electron chi connectivity index (χ1n) is 12.8. The molecule has 2 aromatic rings. The summed E-state index contributed by atoms with van der Waals surface area (Å²) in [6.07, 6.45) is -3.20. The molecule has 2 saturated heterocycles. The maximum Gasteiger partial charge on any atom is 0.408 e. The van der Waals surface area contributed by atoms with Gasteiger partial charge in [0, 0.05) is 29.3 Å². The normalized spacial score (nSPS) is 21.8. The van der Waals surface area contributed by atoms with Crippen molar-refractivity contribution in [3.05, 3.63) is 52.7 Å². The number of rotatable bonds is 8. The predicted molar refractivity (Wildman–Crippen MR) is 139 cm³/mol. The third-order valence-electron chi connectivity index (χ3n) is 7.30. The van der Waals surface area contributed by atoms with Crippen LogP contribution in [0.1, 0.15) is 68.8 Å². The summed E-state index contributed by atoms with van der Waals surface area (Å²) in [6, 6.07) is 4.82. The molecule has 7 nitrogen and oxygen atoms in total. The summed E-state index contributed by atoms with van der Waals surface area (Å²) < 4.78 is 70.9. The van der Waals surface area contributed by atoms with Gasteiger partial charge in [-0.2, -0.15) is 13.2 Å². The van der Waals surface area contributed by atoms with Crippen LogP contribution in [0.4, 0.5) is 27.8 Å². The third-order valence-corrected chi connectivity index (χ3v) is 7.54. The number of fused-ring (bicyclic) bond motifs is 2. The molecule has 2 aliphatic heterocycles. The van der Waals surface area contributed by atoms with Gasteiger partial charge in [0.2, 0.25) is 0 Å². The summed E-state index contributed by atoms with van der Waals surface area (Å²) >= 11 is 5.84. The second-order valence-electron chi connectivity index (χ2n) is 10.7. The fourth-order valence-electron chi connectivity index (χ4n) is 5.17. The van der Waals surface area contributed by atoms with E-state index in [-0.39, 0.29) is 34.5 Å². The van der Waals surface area contributed by atoms with Crippen LogP contribution in [-0.2, 0) is 4.79 Å². The summed E-state index contributed by atoms with van der Waals surface area (Å²) in [5.41, 5.74) is -1.81. The highest BCUT2D eigenvalue weighted by atomic mass is 35.5. The summed E-state index contributed by atoms with van der Waals surface area (Å²) in [7, 11) is 0. The Balaban J connectivity index is 1.37. The molecule has 2 unspecified atom stereocenters. The number of piperidine rings is 1. The van der Waals surface area contributed by atoms with Crippen molar-refractivity contribution in [3.63, 3.8) is 0 Å². The van der Waals surface area contributed by atoms with Crippen LogP contribution in [-0.4, -0.2) is 52.7 Å². The molecule has 4 rings (SSSR count). The minimum absolute atomic E-state index is 0.0206. The van der Waals surface area contributed by atoms with Gasteiger partial charge in [0.05, 0.1) is 11.1 Å². The van der Waals surface area contributed by atoms with E-state index in [1.54, 1.807) is 6.07 Å². The van der Waals surface area contributed by atoms with Crippen molar-refractivity contribution in [2.24, 2.45) is 0 Å². The maximum atomic E-state index is 13.5. The van der Waals surface area contributed by atoms with Gasteiger partial charge >= 0.3 is 6.18 Å². The number of hydrogen-bond acceptors (Lipinski definition) is 5. The Morgan fingerprint density at radius 2 is 1.75 bits per heavy atom. The molecule has 2 bridgehead atoms. The molecule has 3 atom stereocenters. The number of carbonyl (C=O) groups excluding carboxylic acids is 2. The molecular formula is C27H30ClF5N4O3. The molecule has 1 aromatic carbocycles. The minimum atomic E-state index is -4.55. The Morgan fingerprint density at radius 1 is 1.10 bits per heavy atom. The first kappa shape index (κ1) is 29.8. The van der Waals surface area contributed by atoms with E-state index < -0.39 is 41.6 Å². The fourth-order valence-corrected chi connectivity index (χ4v) is 5.35. The predicted octanol–water partition coefficient (Wildman–Crippen LogP) is 5.83. The lowest BCUT2D eigenvalue weighted by atomic mass is 9.96. The molecule has 2 amide bonds. The van der Waals surface area contributed by atoms with Crippen LogP contribution in [0.5, 0.6) is 5.75 Å². The van der Waals surface area contributed by atoms with E-state index in [1.165, 1.54) is 38.2 Å². The smallest absolute Gasteiger partial charge is 0.408 e. The highest BCUT2D eigenvalue weighted by Crippen LogP contribution is 2.39. The van der Waals surface area contributed by atoms with Crippen LogP contribution in [0, 0.1) is 0 Å². The van der Waals surface area contributed by atoms with E-state index in [0.717, 1.165) is 25.8 Å². The van der Waals surface area contributed by atoms with Gasteiger partial charge in [-0.05, 0) is 76.8 Å². The zero-order valence-corrected chi connectivity index (χ0v) is 22.8. The van der Waals surface area contributed by atoms with Crippen LogP contribution >= 0.6 is 11.6 Å². The van der Waals surface area contributed by atoms with E-state index in [1.807, 2.05) is 5.32 Å². The molecule has 3 heterocycles. The number of nitrogens with one attached hydrogen (secondary N) is 2. The standard InChI is InChI=1S/C27H30ClF5N4O3/c1-14(27(31,32)33)35-24(38)15-4-9-22(34-13-15)37-18-6-7-19(37)12-17(11-18)36-25(39)26(2,3)40-21-8-5-16(28)10-20(21)23(29)30/h4-5,8-10,13-14,17-19,23H,6-7,11-12H2,1-3H3,(H,35,38)(H,36,39)/t14-,17?,18?,19?/m1/s1. The highest BCUT2D eigenvalue weighted by molar-refractivity contribution is 6.30. The van der Waals surface area contributed by atoms with Crippen LogP contribution in [0.15, 0.2) is 36.5 Å². The molecule has 40 heavy (non-hydrogen) atoms. The lowest BCUT2D eigenvalue weighted by Crippen LogP contribution is -2.55. The second-order valence-corrected chi connectivity index (χ2v) is 11.1. The summed E-state index contributed by atoms with van der Waals surface area (Å²) in [5.74, 6) is -0.825. The first-order valence-corrected chi connectivity index (χ1v) is 13.2. The highest BCUT2D eigenvalue weighted by Gasteiger charge is 2.43. The van der Waals surface area contributed by atoms with Gasteiger partial charge in [0.1, 0.15) is 17.6 Å². The quantitative estimate of drug-likeness (QED) is 0.379. The number of alkyl halides is 5. The first-order chi connectivity index (χ1) is 18.7. The monoisotopic (exact) mass is 588 g/mol. The Labute approximate surface area is 233 Å². The number of nitrogens with zero attached hydrogens (tertiary/aromatic N) is 2. The molecule has 1 aromatic heterocycles. The van der Waals surface area contributed by atoms with Crippen molar-refractivity contribution in [1.29, 1.82) is 0 Å². The molecule has 218 valence electrons. The van der Waals surface area contributed by atoms with Gasteiger partial charge in [0.15, 0.2) is 5.60 Å². The van der Waals surface area contributed by atoms with E-state index in [0.29, 0.717) is 18.7 Å². The molecule has 2 N–H and O–H groups in total. The summed E-state index contributed by atoms with van der Waals surface area (Å²) in [6.45, 7) is 3.88. The number of pyridine rings is 1. The topological polar surface area (TPSA) is 83.6 Å². The van der Waals surface area contributed by atoms with Crippen LogP contribution < -0.4 is 20.3 Å². The Morgan fingerprint density at radius 3 is 2.30 bits per heavy atom. The zero-order chi connectivity index (χ0) is 29.4. The van der Waals surface area contributed by atoms with Gasteiger partial charge in [0.25, 0.3) is 18.2 Å². The van der Waals surface area contributed by atoms with Gasteiger partial charge < -0.3 is 20.3 Å². The number of carbonyl (C=O) groups is 2. The largest absolute Gasteiger partial charge is 0.478 e. The fraction of sp³-hybridized carbons (Fsp3) is 0.519. The second kappa shape index (κ2) is 11.4. The van der Waals surface area contributed by atoms with Crippen molar-refractivity contribution in [3.8, 4) is 5.75 Å². The Bertz CT molecular complexity index is 1230. The molecule has 0 aliphatic carbocycles. The van der Waals surface area contributed by atoms with Crippen LogP contribution in [0.25, 0.3) is 0 Å². The molecule has 0 spiro atoms. The van der Waals surface area contributed by atoms with E-state index in [2.05, 4.69) is 15.2 Å². The molecule has 0 radical (unpaired) electrons. The van der Waals surface area contributed by atoms with Crippen molar-refractivity contribution >= 4 is 29.2 Å². The van der Waals surface area contributed by atoms with Crippen molar-refractivity contribution in [2.45, 2.75) is 88.8 Å². The average Bonchev–Trinajstić information content (AvgIpc) is 3.14. The van der Waals surface area contributed by atoms with Crippen LogP contribution in [0.2, 0.25) is 5.02 Å². The number of halogens is 6.